The summed E-state index contributed by atoms with van der Waals surface area (Å²) < 4.78 is 4.62. The highest BCUT2D eigenvalue weighted by molar-refractivity contribution is 5.97. The van der Waals surface area contributed by atoms with E-state index in [1.54, 1.807) is 18.2 Å². The Bertz CT molecular complexity index is 1120. The molecule has 0 radical (unpaired) electrons. The number of benzene rings is 2. The summed E-state index contributed by atoms with van der Waals surface area (Å²) in [7, 11) is 0. The van der Waals surface area contributed by atoms with Gasteiger partial charge >= 0.3 is 0 Å². The van der Waals surface area contributed by atoms with E-state index in [0.717, 1.165) is 45.6 Å². The van der Waals surface area contributed by atoms with Crippen LogP contribution in [0.4, 0.5) is 0 Å². The Morgan fingerprint density at radius 1 is 1.16 bits per heavy atom. The predicted molar refractivity (Wildman–Crippen MR) is 121 cm³/mol. The molecule has 2 aromatic carbocycles. The standard InChI is InChI=1S/C25H30N4O3/c1-18(2)20-6-4-19(5-7-20)15-27-12-3-10-25(16-27)11-13-28(17-25)24(30)21-8-9-23-22(14-21)26-32-29(23)31/h4-9,14,18H,3,10-13,15-17H2,1-2H3. The minimum Gasteiger partial charge on any atom is -0.359 e. The third-order valence-electron chi connectivity index (χ3n) is 7.15. The van der Waals surface area contributed by atoms with E-state index < -0.39 is 0 Å². The topological polar surface area (TPSA) is 76.5 Å². The Morgan fingerprint density at radius 2 is 1.97 bits per heavy atom. The minimum atomic E-state index is 0.00521. The molecule has 1 unspecified atom stereocenters. The molecule has 3 heterocycles. The van der Waals surface area contributed by atoms with E-state index in [4.69, 9.17) is 0 Å². The van der Waals surface area contributed by atoms with Gasteiger partial charge in [-0.25, -0.2) is 0 Å². The van der Waals surface area contributed by atoms with Crippen LogP contribution in [-0.4, -0.2) is 47.0 Å². The summed E-state index contributed by atoms with van der Waals surface area (Å²) in [5.41, 5.74) is 4.20. The van der Waals surface area contributed by atoms with Crippen LogP contribution in [0.2, 0.25) is 0 Å². The SMILES string of the molecule is CC(C)c1ccc(CN2CCCC3(CCN(C(=O)c4ccc5c(c4)no[n+]5[O-])C3)C2)cc1. The number of hydrogen-bond acceptors (Lipinski definition) is 5. The second-order valence-corrected chi connectivity index (χ2v) is 9.82. The molecule has 0 saturated carbocycles. The molecule has 2 aliphatic heterocycles. The maximum Gasteiger partial charge on any atom is 0.254 e. The van der Waals surface area contributed by atoms with E-state index in [0.29, 0.717) is 27.4 Å². The van der Waals surface area contributed by atoms with E-state index in [-0.39, 0.29) is 11.3 Å². The van der Waals surface area contributed by atoms with Crippen LogP contribution in [-0.2, 0) is 6.54 Å². The number of fused-ring (bicyclic) bond motifs is 1. The summed E-state index contributed by atoms with van der Waals surface area (Å²) in [6.07, 6.45) is 3.37. The summed E-state index contributed by atoms with van der Waals surface area (Å²) >= 11 is 0. The van der Waals surface area contributed by atoms with E-state index >= 15 is 0 Å². The summed E-state index contributed by atoms with van der Waals surface area (Å²) in [4.78, 5) is 18.0. The average molecular weight is 435 g/mol. The highest BCUT2D eigenvalue weighted by atomic mass is 16.8. The Hall–Kier alpha value is -2.93. The molecule has 7 nitrogen and oxygen atoms in total. The van der Waals surface area contributed by atoms with Crippen LogP contribution in [0.1, 0.15) is 60.5 Å². The lowest BCUT2D eigenvalue weighted by Crippen LogP contribution is -2.45. The fraction of sp³-hybridized carbons (Fsp3) is 0.480. The van der Waals surface area contributed by atoms with Crippen molar-refractivity contribution < 1.29 is 14.3 Å². The van der Waals surface area contributed by atoms with Crippen LogP contribution in [0, 0.1) is 10.6 Å². The zero-order valence-corrected chi connectivity index (χ0v) is 18.8. The number of rotatable bonds is 4. The molecule has 3 aromatic rings. The number of amides is 1. The molecule has 1 aromatic heterocycles. The highest BCUT2D eigenvalue weighted by Crippen LogP contribution is 2.40. The van der Waals surface area contributed by atoms with Gasteiger partial charge in [-0.1, -0.05) is 38.1 Å². The van der Waals surface area contributed by atoms with Crippen molar-refractivity contribution in [1.82, 2.24) is 15.0 Å². The largest absolute Gasteiger partial charge is 0.359 e. The number of carbonyl (C=O) groups excluding carboxylic acids is 1. The van der Waals surface area contributed by atoms with Gasteiger partial charge in [0, 0.05) is 48.4 Å². The van der Waals surface area contributed by atoms with Crippen LogP contribution in [0.25, 0.3) is 11.0 Å². The normalized spacial score (nSPS) is 21.8. The summed E-state index contributed by atoms with van der Waals surface area (Å²) in [5, 5.41) is 15.2. The van der Waals surface area contributed by atoms with Gasteiger partial charge in [0.2, 0.25) is 11.0 Å². The van der Waals surface area contributed by atoms with E-state index in [2.05, 4.69) is 52.8 Å². The summed E-state index contributed by atoms with van der Waals surface area (Å²) in [6.45, 7) is 9.11. The first-order chi connectivity index (χ1) is 15.4. The maximum atomic E-state index is 13.2. The Balaban J connectivity index is 1.25. The van der Waals surface area contributed by atoms with Gasteiger partial charge in [0.1, 0.15) is 0 Å². The van der Waals surface area contributed by atoms with Gasteiger partial charge in [-0.05, 0) is 59.9 Å². The molecular weight excluding hydrogens is 404 g/mol. The number of aromatic nitrogens is 2. The molecule has 1 spiro atoms. The second-order valence-electron chi connectivity index (χ2n) is 9.82. The number of likely N-dealkylation sites (tertiary alicyclic amines) is 2. The molecule has 5 rings (SSSR count). The van der Waals surface area contributed by atoms with Crippen LogP contribution >= 0.6 is 0 Å². The molecule has 1 atom stereocenters. The van der Waals surface area contributed by atoms with Crippen molar-refractivity contribution >= 4 is 16.9 Å². The molecule has 0 bridgehead atoms. The fourth-order valence-corrected chi connectivity index (χ4v) is 5.34. The van der Waals surface area contributed by atoms with Crippen LogP contribution in [0.5, 0.6) is 0 Å². The summed E-state index contributed by atoms with van der Waals surface area (Å²) in [5.74, 6) is 0.557. The number of nitrogens with zero attached hydrogens (tertiary/aromatic N) is 4. The van der Waals surface area contributed by atoms with E-state index in [9.17, 15) is 10.0 Å². The second kappa shape index (κ2) is 8.20. The van der Waals surface area contributed by atoms with Crippen molar-refractivity contribution in [1.29, 1.82) is 0 Å². The first-order valence-corrected chi connectivity index (χ1v) is 11.5. The molecule has 0 aliphatic carbocycles. The fourth-order valence-electron chi connectivity index (χ4n) is 5.34. The zero-order chi connectivity index (χ0) is 22.3. The monoisotopic (exact) mass is 434 g/mol. The van der Waals surface area contributed by atoms with Crippen molar-refractivity contribution in [3.63, 3.8) is 0 Å². The lowest BCUT2D eigenvalue weighted by Gasteiger charge is -2.40. The quantitative estimate of drug-likeness (QED) is 0.585. The highest BCUT2D eigenvalue weighted by Gasteiger charge is 2.43. The van der Waals surface area contributed by atoms with Gasteiger partial charge in [-0.3, -0.25) is 14.3 Å². The van der Waals surface area contributed by atoms with Gasteiger partial charge in [0.05, 0.1) is 0 Å². The van der Waals surface area contributed by atoms with Gasteiger partial charge in [0.25, 0.3) is 5.91 Å². The number of piperidine rings is 1. The average Bonchev–Trinajstić information content (AvgIpc) is 3.37. The van der Waals surface area contributed by atoms with Gasteiger partial charge in [-0.15, -0.1) is 0 Å². The van der Waals surface area contributed by atoms with Crippen LogP contribution in [0.15, 0.2) is 47.1 Å². The van der Waals surface area contributed by atoms with E-state index in [1.807, 2.05) is 4.90 Å². The minimum absolute atomic E-state index is 0.00521. The van der Waals surface area contributed by atoms with Gasteiger partial charge in [-0.2, -0.15) is 0 Å². The molecule has 32 heavy (non-hydrogen) atoms. The Kier molecular flexibility index (Phi) is 5.37. The van der Waals surface area contributed by atoms with Gasteiger partial charge < -0.3 is 10.1 Å². The van der Waals surface area contributed by atoms with Crippen molar-refractivity contribution in [3.05, 3.63) is 64.4 Å². The first kappa shape index (κ1) is 20.9. The van der Waals surface area contributed by atoms with Crippen LogP contribution in [0.3, 0.4) is 0 Å². The Morgan fingerprint density at radius 3 is 2.75 bits per heavy atom. The zero-order valence-electron chi connectivity index (χ0n) is 18.8. The van der Waals surface area contributed by atoms with E-state index in [1.165, 1.54) is 17.5 Å². The maximum absolute atomic E-state index is 13.2. The lowest BCUT2D eigenvalue weighted by molar-refractivity contribution is -0.782. The third kappa shape index (κ3) is 3.97. The number of carbonyl (C=O) groups is 1. The first-order valence-electron chi connectivity index (χ1n) is 11.5. The molecule has 2 aliphatic rings. The number of hydrogen-bond donors (Lipinski definition) is 0. The smallest absolute Gasteiger partial charge is 0.254 e. The van der Waals surface area contributed by atoms with Gasteiger partial charge in [0.15, 0.2) is 0 Å². The molecule has 168 valence electrons. The molecule has 0 N–H and O–H groups in total. The van der Waals surface area contributed by atoms with Crippen molar-refractivity contribution in [3.8, 4) is 0 Å². The lowest BCUT2D eigenvalue weighted by atomic mass is 9.79. The van der Waals surface area contributed by atoms with Crippen LogP contribution < -0.4 is 4.90 Å². The predicted octanol–water partition coefficient (Wildman–Crippen LogP) is 3.71. The summed E-state index contributed by atoms with van der Waals surface area (Å²) in [6, 6.07) is 13.9. The molecule has 1 amide bonds. The molecule has 2 fully saturated rings. The van der Waals surface area contributed by atoms with Crippen molar-refractivity contribution in [2.24, 2.45) is 5.41 Å². The third-order valence-corrected chi connectivity index (χ3v) is 7.15. The molecular formula is C25H30N4O3. The molecule has 2 saturated heterocycles. The molecule has 7 heteroatoms. The Labute approximate surface area is 188 Å². The van der Waals surface area contributed by atoms with Crippen molar-refractivity contribution in [2.75, 3.05) is 26.2 Å². The van der Waals surface area contributed by atoms with Crippen molar-refractivity contribution in [2.45, 2.75) is 45.6 Å².